The van der Waals surface area contributed by atoms with Gasteiger partial charge < -0.3 is 36.3 Å². The number of nitrogens with one attached hydrogen (secondary N) is 3. The van der Waals surface area contributed by atoms with Gasteiger partial charge in [-0.1, -0.05) is 105 Å². The Morgan fingerprint density at radius 3 is 1.94 bits per heavy atom. The van der Waals surface area contributed by atoms with E-state index in [1.807, 2.05) is 98.8 Å². The van der Waals surface area contributed by atoms with E-state index in [1.54, 1.807) is 18.2 Å². The summed E-state index contributed by atoms with van der Waals surface area (Å²) in [5.74, 6) is -1.18. The van der Waals surface area contributed by atoms with Gasteiger partial charge in [0.05, 0.1) is 38.0 Å². The van der Waals surface area contributed by atoms with Crippen LogP contribution < -0.4 is 31.2 Å². The summed E-state index contributed by atoms with van der Waals surface area (Å²) in [7, 11) is 2.92. The molecule has 4 aromatic rings. The molecule has 0 bridgehead atoms. The fraction of sp³-hybridized carbons (Fsp3) is 0.308. The van der Waals surface area contributed by atoms with Gasteiger partial charge in [0.2, 0.25) is 11.8 Å². The fourth-order valence-corrected chi connectivity index (χ4v) is 5.62. The van der Waals surface area contributed by atoms with Crippen molar-refractivity contribution < 1.29 is 29.0 Å². The number of amides is 3. The standard InChI is InChI=1S/C39H46N4O6/c1-25(2)35(43-38(46)30-16-11-17-34(48-3)36(30)49-4)39(47)42-31(22-26-12-7-5-8-13-26)33(44)24-41-32(37(40)45)23-27-18-20-29(21-19-27)28-14-9-6-10-15-28/h5-21,25,31-33,35,41,44H,22-24H2,1-4H3,(H2,40,45)(H,42,47)(H,43,46)/t31-,32-,33-,35-/m0/s1. The summed E-state index contributed by atoms with van der Waals surface area (Å²) in [5, 5.41) is 20.3. The van der Waals surface area contributed by atoms with Crippen LogP contribution in [0.5, 0.6) is 11.5 Å². The van der Waals surface area contributed by atoms with Gasteiger partial charge in [0, 0.05) is 6.54 Å². The number of primary amides is 1. The third-order valence-electron chi connectivity index (χ3n) is 8.39. The number of nitrogens with two attached hydrogens (primary N) is 1. The van der Waals surface area contributed by atoms with Crippen LogP contribution >= 0.6 is 0 Å². The van der Waals surface area contributed by atoms with Crippen LogP contribution in [0.4, 0.5) is 0 Å². The highest BCUT2D eigenvalue weighted by atomic mass is 16.5. The first-order valence-electron chi connectivity index (χ1n) is 16.3. The molecule has 0 aliphatic carbocycles. The first-order chi connectivity index (χ1) is 23.6. The molecule has 258 valence electrons. The Hall–Kier alpha value is -5.19. The normalized spacial score (nSPS) is 13.5. The molecule has 6 N–H and O–H groups in total. The number of hydrogen-bond acceptors (Lipinski definition) is 7. The van der Waals surface area contributed by atoms with Crippen LogP contribution in [0.2, 0.25) is 0 Å². The van der Waals surface area contributed by atoms with Crippen molar-refractivity contribution in [2.75, 3.05) is 20.8 Å². The van der Waals surface area contributed by atoms with E-state index in [-0.39, 0.29) is 23.8 Å². The van der Waals surface area contributed by atoms with E-state index >= 15 is 0 Å². The number of methoxy groups -OCH3 is 2. The Labute approximate surface area is 288 Å². The summed E-state index contributed by atoms with van der Waals surface area (Å²) < 4.78 is 10.7. The monoisotopic (exact) mass is 666 g/mol. The average molecular weight is 667 g/mol. The van der Waals surface area contributed by atoms with E-state index in [1.165, 1.54) is 14.2 Å². The number of para-hydroxylation sites is 1. The van der Waals surface area contributed by atoms with Gasteiger partial charge in [0.15, 0.2) is 11.5 Å². The topological polar surface area (TPSA) is 152 Å². The second-order valence-electron chi connectivity index (χ2n) is 12.2. The van der Waals surface area contributed by atoms with Crippen LogP contribution in [0, 0.1) is 5.92 Å². The van der Waals surface area contributed by atoms with E-state index in [4.69, 9.17) is 15.2 Å². The maximum Gasteiger partial charge on any atom is 0.255 e. The minimum absolute atomic E-state index is 0.0206. The minimum Gasteiger partial charge on any atom is -0.493 e. The maximum absolute atomic E-state index is 13.8. The molecule has 0 aliphatic heterocycles. The van der Waals surface area contributed by atoms with E-state index in [2.05, 4.69) is 16.0 Å². The number of benzene rings is 4. The van der Waals surface area contributed by atoms with E-state index < -0.39 is 42.0 Å². The molecular formula is C39H46N4O6. The second kappa shape index (κ2) is 17.8. The van der Waals surface area contributed by atoms with Gasteiger partial charge in [-0.15, -0.1) is 0 Å². The number of carbonyl (C=O) groups is 3. The van der Waals surface area contributed by atoms with E-state index in [0.29, 0.717) is 18.6 Å². The fourth-order valence-electron chi connectivity index (χ4n) is 5.62. The van der Waals surface area contributed by atoms with Gasteiger partial charge >= 0.3 is 0 Å². The Morgan fingerprint density at radius 2 is 1.35 bits per heavy atom. The number of hydrogen-bond donors (Lipinski definition) is 5. The summed E-state index contributed by atoms with van der Waals surface area (Å²) in [6.07, 6.45) is -0.476. The van der Waals surface area contributed by atoms with Crippen molar-refractivity contribution in [1.82, 2.24) is 16.0 Å². The number of aliphatic hydroxyl groups excluding tert-OH is 1. The average Bonchev–Trinajstić information content (AvgIpc) is 3.12. The Morgan fingerprint density at radius 1 is 0.735 bits per heavy atom. The molecule has 4 atom stereocenters. The number of aliphatic hydroxyl groups is 1. The van der Waals surface area contributed by atoms with Crippen molar-refractivity contribution in [2.24, 2.45) is 11.7 Å². The molecule has 49 heavy (non-hydrogen) atoms. The third kappa shape index (κ3) is 10.2. The van der Waals surface area contributed by atoms with E-state index in [0.717, 1.165) is 22.3 Å². The Balaban J connectivity index is 1.46. The van der Waals surface area contributed by atoms with Crippen LogP contribution in [0.3, 0.4) is 0 Å². The van der Waals surface area contributed by atoms with Gasteiger partial charge in [-0.2, -0.15) is 0 Å². The highest BCUT2D eigenvalue weighted by Gasteiger charge is 2.31. The van der Waals surface area contributed by atoms with Crippen molar-refractivity contribution in [1.29, 1.82) is 0 Å². The number of carbonyl (C=O) groups excluding carboxylic acids is 3. The number of rotatable bonds is 17. The number of ether oxygens (including phenoxy) is 2. The molecule has 4 rings (SSSR count). The van der Waals surface area contributed by atoms with Crippen molar-refractivity contribution in [3.8, 4) is 22.6 Å². The molecule has 0 heterocycles. The SMILES string of the molecule is COc1cccc(C(=O)N[C@H](C(=O)N[C@@H](Cc2ccccc2)[C@@H](O)CN[C@@H](Cc2ccc(-c3ccccc3)cc2)C(N)=O)C(C)C)c1OC. The van der Waals surface area contributed by atoms with Gasteiger partial charge in [0.25, 0.3) is 5.91 Å². The van der Waals surface area contributed by atoms with Gasteiger partial charge in [-0.25, -0.2) is 0 Å². The lowest BCUT2D eigenvalue weighted by Crippen LogP contribution is -2.57. The highest BCUT2D eigenvalue weighted by Crippen LogP contribution is 2.30. The lowest BCUT2D eigenvalue weighted by molar-refractivity contribution is -0.125. The molecule has 0 fully saturated rings. The summed E-state index contributed by atoms with van der Waals surface area (Å²) in [4.78, 5) is 39.6. The zero-order valence-electron chi connectivity index (χ0n) is 28.4. The summed E-state index contributed by atoms with van der Waals surface area (Å²) in [6, 6.07) is 29.8. The second-order valence-corrected chi connectivity index (χ2v) is 12.2. The van der Waals surface area contributed by atoms with Crippen molar-refractivity contribution in [3.63, 3.8) is 0 Å². The summed E-state index contributed by atoms with van der Waals surface area (Å²) in [6.45, 7) is 3.62. The van der Waals surface area contributed by atoms with Gasteiger partial charge in [-0.3, -0.25) is 14.4 Å². The predicted octanol–water partition coefficient (Wildman–Crippen LogP) is 3.90. The largest absolute Gasteiger partial charge is 0.493 e. The zero-order chi connectivity index (χ0) is 35.3. The lowest BCUT2D eigenvalue weighted by atomic mass is 9.97. The molecule has 10 heteroatoms. The summed E-state index contributed by atoms with van der Waals surface area (Å²) >= 11 is 0. The van der Waals surface area contributed by atoms with Crippen LogP contribution in [-0.4, -0.2) is 67.8 Å². The maximum atomic E-state index is 13.8. The summed E-state index contributed by atoms with van der Waals surface area (Å²) in [5.41, 5.74) is 9.93. The van der Waals surface area contributed by atoms with Crippen LogP contribution in [0.15, 0.2) is 103 Å². The van der Waals surface area contributed by atoms with Crippen molar-refractivity contribution in [2.45, 2.75) is 50.9 Å². The quantitative estimate of drug-likeness (QED) is 0.115. The smallest absolute Gasteiger partial charge is 0.255 e. The lowest BCUT2D eigenvalue weighted by Gasteiger charge is -2.29. The van der Waals surface area contributed by atoms with Crippen LogP contribution in [-0.2, 0) is 22.4 Å². The molecule has 0 unspecified atom stereocenters. The Bertz CT molecular complexity index is 1660. The first-order valence-corrected chi connectivity index (χ1v) is 16.3. The molecule has 0 radical (unpaired) electrons. The molecule has 3 amide bonds. The molecule has 0 spiro atoms. The molecule has 4 aromatic carbocycles. The molecular weight excluding hydrogens is 620 g/mol. The van der Waals surface area contributed by atoms with Crippen molar-refractivity contribution in [3.05, 3.63) is 120 Å². The van der Waals surface area contributed by atoms with Crippen LogP contribution in [0.25, 0.3) is 11.1 Å². The third-order valence-corrected chi connectivity index (χ3v) is 8.39. The first kappa shape index (κ1) is 36.6. The molecule has 0 aromatic heterocycles. The van der Waals surface area contributed by atoms with Gasteiger partial charge in [0.1, 0.15) is 6.04 Å². The highest BCUT2D eigenvalue weighted by molar-refractivity contribution is 6.00. The zero-order valence-corrected chi connectivity index (χ0v) is 28.4. The molecule has 0 saturated carbocycles. The predicted molar refractivity (Wildman–Crippen MR) is 190 cm³/mol. The van der Waals surface area contributed by atoms with E-state index in [9.17, 15) is 19.5 Å². The van der Waals surface area contributed by atoms with Gasteiger partial charge in [-0.05, 0) is 53.1 Å². The van der Waals surface area contributed by atoms with Crippen molar-refractivity contribution >= 4 is 17.7 Å². The molecule has 0 saturated heterocycles. The van der Waals surface area contributed by atoms with Crippen LogP contribution in [0.1, 0.15) is 35.3 Å². The molecule has 10 nitrogen and oxygen atoms in total. The minimum atomic E-state index is -1.10. The molecule has 0 aliphatic rings. The Kier molecular flexibility index (Phi) is 13.3.